The molecule has 1 aromatic heterocycles. The van der Waals surface area contributed by atoms with E-state index in [0.29, 0.717) is 23.8 Å². The van der Waals surface area contributed by atoms with Gasteiger partial charge in [-0.1, -0.05) is 50.2 Å². The zero-order chi connectivity index (χ0) is 20.6. The van der Waals surface area contributed by atoms with Crippen LogP contribution in [0.3, 0.4) is 0 Å². The first-order chi connectivity index (χ1) is 14.0. The fourth-order valence-electron chi connectivity index (χ4n) is 2.81. The zero-order valence-corrected chi connectivity index (χ0v) is 16.6. The number of hydrogen-bond donors (Lipinski definition) is 1. The average Bonchev–Trinajstić information content (AvgIpc) is 3.27. The third-order valence-corrected chi connectivity index (χ3v) is 4.55. The van der Waals surface area contributed by atoms with Crippen molar-refractivity contribution in [2.75, 3.05) is 13.2 Å². The van der Waals surface area contributed by atoms with Crippen LogP contribution in [0.2, 0.25) is 0 Å². The number of oxazole rings is 1. The summed E-state index contributed by atoms with van der Waals surface area (Å²) in [7, 11) is 0. The van der Waals surface area contributed by atoms with E-state index in [4.69, 9.17) is 9.15 Å². The predicted molar refractivity (Wildman–Crippen MR) is 109 cm³/mol. The molecule has 1 N–H and O–H groups in total. The number of nitrogens with one attached hydrogen (secondary N) is 1. The molecular formula is C23H24N2O4. The summed E-state index contributed by atoms with van der Waals surface area (Å²) in [6, 6.07) is 15.1. The van der Waals surface area contributed by atoms with Crippen LogP contribution in [0.4, 0.5) is 0 Å². The minimum Gasteiger partial charge on any atom is -0.452 e. The van der Waals surface area contributed by atoms with Gasteiger partial charge in [0.15, 0.2) is 18.8 Å². The Balaban J connectivity index is 1.40. The molecule has 1 heterocycles. The monoisotopic (exact) mass is 392 g/mol. The summed E-state index contributed by atoms with van der Waals surface area (Å²) >= 11 is 0. The summed E-state index contributed by atoms with van der Waals surface area (Å²) < 4.78 is 10.3. The molecule has 0 aliphatic rings. The smallest absolute Gasteiger partial charge is 0.338 e. The first-order valence-electron chi connectivity index (χ1n) is 9.54. The predicted octanol–water partition coefficient (Wildman–Crippen LogP) is 3.98. The van der Waals surface area contributed by atoms with Crippen LogP contribution in [0.15, 0.2) is 65.5 Å². The second kappa shape index (κ2) is 9.68. The van der Waals surface area contributed by atoms with Gasteiger partial charge < -0.3 is 14.5 Å². The van der Waals surface area contributed by atoms with E-state index in [1.54, 1.807) is 30.5 Å². The first kappa shape index (κ1) is 20.3. The van der Waals surface area contributed by atoms with Crippen molar-refractivity contribution < 1.29 is 18.7 Å². The average molecular weight is 392 g/mol. The number of benzene rings is 2. The summed E-state index contributed by atoms with van der Waals surface area (Å²) in [5.41, 5.74) is 3.61. The lowest BCUT2D eigenvalue weighted by atomic mass is 10.0. The van der Waals surface area contributed by atoms with Gasteiger partial charge in [0.1, 0.15) is 0 Å². The van der Waals surface area contributed by atoms with Crippen LogP contribution >= 0.6 is 0 Å². The van der Waals surface area contributed by atoms with E-state index in [2.05, 4.69) is 48.4 Å². The van der Waals surface area contributed by atoms with Gasteiger partial charge in [0.2, 0.25) is 0 Å². The van der Waals surface area contributed by atoms with Crippen LogP contribution in [0.25, 0.3) is 11.3 Å². The number of nitrogens with zero attached hydrogens (tertiary/aromatic N) is 1. The van der Waals surface area contributed by atoms with Crippen LogP contribution in [-0.2, 0) is 16.0 Å². The molecule has 0 spiro atoms. The Bertz CT molecular complexity index is 930. The maximum atomic E-state index is 12.1. The summed E-state index contributed by atoms with van der Waals surface area (Å²) in [6.07, 6.45) is 3.66. The SMILES string of the molecule is CC(C)c1ccc(CCNC(=O)COC(=O)c2ccc(-c3cnco3)cc2)cc1. The molecule has 6 nitrogen and oxygen atoms in total. The molecule has 0 bridgehead atoms. The van der Waals surface area contributed by atoms with Crippen molar-refractivity contribution in [1.29, 1.82) is 0 Å². The number of carbonyl (C=O) groups is 2. The molecule has 1 amide bonds. The molecule has 0 saturated carbocycles. The first-order valence-corrected chi connectivity index (χ1v) is 9.54. The van der Waals surface area contributed by atoms with Crippen LogP contribution in [0, 0.1) is 0 Å². The Morgan fingerprint density at radius 2 is 1.79 bits per heavy atom. The Hall–Kier alpha value is -3.41. The highest BCUT2D eigenvalue weighted by molar-refractivity contribution is 5.91. The van der Waals surface area contributed by atoms with Gasteiger partial charge in [-0.25, -0.2) is 9.78 Å². The molecule has 2 aromatic carbocycles. The van der Waals surface area contributed by atoms with Crippen molar-refractivity contribution in [3.8, 4) is 11.3 Å². The number of rotatable bonds is 8. The molecule has 3 aromatic rings. The van der Waals surface area contributed by atoms with Gasteiger partial charge in [0, 0.05) is 12.1 Å². The number of aromatic nitrogens is 1. The molecule has 0 radical (unpaired) electrons. The van der Waals surface area contributed by atoms with Gasteiger partial charge in [0.25, 0.3) is 5.91 Å². The lowest BCUT2D eigenvalue weighted by Gasteiger charge is -2.09. The quantitative estimate of drug-likeness (QED) is 0.587. The largest absolute Gasteiger partial charge is 0.452 e. The van der Waals surface area contributed by atoms with Gasteiger partial charge in [0.05, 0.1) is 11.8 Å². The summed E-state index contributed by atoms with van der Waals surface area (Å²) in [5.74, 6) is 0.240. The Morgan fingerprint density at radius 1 is 1.07 bits per heavy atom. The molecule has 0 saturated heterocycles. The third kappa shape index (κ3) is 5.78. The van der Waals surface area contributed by atoms with E-state index >= 15 is 0 Å². The van der Waals surface area contributed by atoms with E-state index in [1.807, 2.05) is 0 Å². The maximum Gasteiger partial charge on any atom is 0.338 e. The Labute approximate surface area is 169 Å². The number of carbonyl (C=O) groups excluding carboxylic acids is 2. The molecule has 3 rings (SSSR count). The molecule has 0 atom stereocenters. The summed E-state index contributed by atoms with van der Waals surface area (Å²) in [5, 5.41) is 2.77. The second-order valence-electron chi connectivity index (χ2n) is 7.02. The maximum absolute atomic E-state index is 12.1. The zero-order valence-electron chi connectivity index (χ0n) is 16.6. The number of esters is 1. The second-order valence-corrected chi connectivity index (χ2v) is 7.02. The standard InChI is InChI=1S/C23H24N2O4/c1-16(2)18-5-3-17(4-6-18)11-12-25-22(26)14-28-23(27)20-9-7-19(8-10-20)21-13-24-15-29-21/h3-10,13,15-16H,11-12,14H2,1-2H3,(H,25,26). The van der Waals surface area contributed by atoms with Crippen LogP contribution in [0.5, 0.6) is 0 Å². The van der Waals surface area contributed by atoms with Crippen molar-refractivity contribution in [2.24, 2.45) is 0 Å². The van der Waals surface area contributed by atoms with Crippen LogP contribution in [-0.4, -0.2) is 30.0 Å². The molecule has 29 heavy (non-hydrogen) atoms. The molecular weight excluding hydrogens is 368 g/mol. The Kier molecular flexibility index (Phi) is 6.79. The molecule has 150 valence electrons. The Morgan fingerprint density at radius 3 is 2.41 bits per heavy atom. The summed E-state index contributed by atoms with van der Waals surface area (Å²) in [6.45, 7) is 4.49. The molecule has 0 unspecified atom stereocenters. The normalized spacial score (nSPS) is 10.7. The molecule has 6 heteroatoms. The number of hydrogen-bond acceptors (Lipinski definition) is 5. The molecule has 0 aliphatic heterocycles. The van der Waals surface area contributed by atoms with E-state index in [1.165, 1.54) is 12.0 Å². The van der Waals surface area contributed by atoms with Crippen molar-refractivity contribution in [2.45, 2.75) is 26.2 Å². The molecule has 0 fully saturated rings. The van der Waals surface area contributed by atoms with E-state index in [9.17, 15) is 9.59 Å². The van der Waals surface area contributed by atoms with Crippen molar-refractivity contribution >= 4 is 11.9 Å². The number of ether oxygens (including phenoxy) is 1. The van der Waals surface area contributed by atoms with Crippen molar-refractivity contribution in [1.82, 2.24) is 10.3 Å². The number of amides is 1. The minimum absolute atomic E-state index is 0.311. The minimum atomic E-state index is -0.548. The van der Waals surface area contributed by atoms with Crippen molar-refractivity contribution in [3.63, 3.8) is 0 Å². The summed E-state index contributed by atoms with van der Waals surface area (Å²) in [4.78, 5) is 27.9. The topological polar surface area (TPSA) is 81.4 Å². The van der Waals surface area contributed by atoms with Crippen molar-refractivity contribution in [3.05, 3.63) is 77.8 Å². The van der Waals surface area contributed by atoms with Gasteiger partial charge in [-0.05, 0) is 35.6 Å². The highest BCUT2D eigenvalue weighted by atomic mass is 16.5. The fourth-order valence-corrected chi connectivity index (χ4v) is 2.81. The van der Waals surface area contributed by atoms with E-state index in [-0.39, 0.29) is 12.5 Å². The lowest BCUT2D eigenvalue weighted by Crippen LogP contribution is -2.30. The molecule has 0 aliphatic carbocycles. The highest BCUT2D eigenvalue weighted by Gasteiger charge is 2.11. The van der Waals surface area contributed by atoms with Gasteiger partial charge in [-0.2, -0.15) is 0 Å². The van der Waals surface area contributed by atoms with Gasteiger partial charge in [-0.3, -0.25) is 4.79 Å². The van der Waals surface area contributed by atoms with E-state index in [0.717, 1.165) is 17.5 Å². The van der Waals surface area contributed by atoms with Crippen LogP contribution in [0.1, 0.15) is 41.3 Å². The van der Waals surface area contributed by atoms with Gasteiger partial charge in [-0.15, -0.1) is 0 Å². The van der Waals surface area contributed by atoms with E-state index < -0.39 is 5.97 Å². The van der Waals surface area contributed by atoms with Crippen LogP contribution < -0.4 is 5.32 Å². The van der Waals surface area contributed by atoms with Gasteiger partial charge >= 0.3 is 5.97 Å². The third-order valence-electron chi connectivity index (χ3n) is 4.55. The fraction of sp³-hybridized carbons (Fsp3) is 0.261. The highest BCUT2D eigenvalue weighted by Crippen LogP contribution is 2.19. The lowest BCUT2D eigenvalue weighted by molar-refractivity contribution is -0.124.